The van der Waals surface area contributed by atoms with Gasteiger partial charge in [0.1, 0.15) is 11.5 Å². The third-order valence-corrected chi connectivity index (χ3v) is 7.43. The summed E-state index contributed by atoms with van der Waals surface area (Å²) in [5.74, 6) is -0.264. The third kappa shape index (κ3) is 3.91. The van der Waals surface area contributed by atoms with Crippen molar-refractivity contribution in [3.8, 4) is 11.5 Å². The van der Waals surface area contributed by atoms with Gasteiger partial charge in [-0.05, 0) is 79.6 Å². The van der Waals surface area contributed by atoms with Gasteiger partial charge in [0.15, 0.2) is 12.4 Å². The molecular weight excluding hydrogens is 422 g/mol. The highest BCUT2D eigenvalue weighted by Gasteiger charge is 2.59. The first kappa shape index (κ1) is 21.6. The quantitative estimate of drug-likeness (QED) is 0.519. The number of benzene rings is 2. The highest BCUT2D eigenvalue weighted by Crippen LogP contribution is 2.55. The summed E-state index contributed by atoms with van der Waals surface area (Å²) in [6.07, 6.45) is 1.57. The lowest BCUT2D eigenvalue weighted by atomic mass is 9.69. The van der Waals surface area contributed by atoms with Crippen LogP contribution in [0.4, 0.5) is 5.69 Å². The fourth-order valence-corrected chi connectivity index (χ4v) is 5.53. The molecule has 2 aromatic carbocycles. The van der Waals surface area contributed by atoms with E-state index in [9.17, 15) is 24.6 Å². The summed E-state index contributed by atoms with van der Waals surface area (Å²) >= 11 is 0. The molecule has 33 heavy (non-hydrogen) atoms. The maximum absolute atomic E-state index is 13.3. The SMILES string of the molecule is CC1CC1C1C(O)CCC2C(=O)N(c3ccc(OCC(=O)c4ccc(O)cc4)cc3)C(=O)C21. The Morgan fingerprint density at radius 3 is 2.33 bits per heavy atom. The first-order valence-electron chi connectivity index (χ1n) is 11.5. The number of aliphatic hydroxyl groups is 1. The van der Waals surface area contributed by atoms with E-state index < -0.39 is 12.0 Å². The fourth-order valence-electron chi connectivity index (χ4n) is 5.53. The average molecular weight is 450 g/mol. The Morgan fingerprint density at radius 2 is 1.70 bits per heavy atom. The van der Waals surface area contributed by atoms with Crippen molar-refractivity contribution in [3.63, 3.8) is 0 Å². The van der Waals surface area contributed by atoms with Gasteiger partial charge in [0.05, 0.1) is 23.6 Å². The van der Waals surface area contributed by atoms with Crippen molar-refractivity contribution >= 4 is 23.3 Å². The van der Waals surface area contributed by atoms with Crippen LogP contribution in [0, 0.1) is 29.6 Å². The lowest BCUT2D eigenvalue weighted by molar-refractivity contribution is -0.128. The van der Waals surface area contributed by atoms with Crippen molar-refractivity contribution in [2.45, 2.75) is 32.3 Å². The predicted molar refractivity (Wildman–Crippen MR) is 120 cm³/mol. The van der Waals surface area contributed by atoms with Gasteiger partial charge in [0.25, 0.3) is 0 Å². The van der Waals surface area contributed by atoms with Crippen LogP contribution in [0.15, 0.2) is 48.5 Å². The Bertz CT molecular complexity index is 1080. The molecule has 7 nitrogen and oxygen atoms in total. The van der Waals surface area contributed by atoms with Gasteiger partial charge in [0.2, 0.25) is 11.8 Å². The number of phenolic OH excluding ortho intramolecular Hbond substituents is 1. The average Bonchev–Trinajstić information content (AvgIpc) is 3.47. The van der Waals surface area contributed by atoms with E-state index in [0.717, 1.165) is 6.42 Å². The van der Waals surface area contributed by atoms with Crippen LogP contribution in [0.2, 0.25) is 0 Å². The number of imide groups is 1. The molecule has 1 aliphatic heterocycles. The van der Waals surface area contributed by atoms with Crippen molar-refractivity contribution in [3.05, 3.63) is 54.1 Å². The van der Waals surface area contributed by atoms with Crippen LogP contribution >= 0.6 is 0 Å². The Balaban J connectivity index is 1.28. The zero-order chi connectivity index (χ0) is 23.3. The lowest BCUT2D eigenvalue weighted by Gasteiger charge is -2.35. The second-order valence-corrected chi connectivity index (χ2v) is 9.50. The fraction of sp³-hybridized carbons (Fsp3) is 0.423. The molecule has 0 spiro atoms. The van der Waals surface area contributed by atoms with E-state index in [1.165, 1.54) is 29.2 Å². The molecule has 3 fully saturated rings. The van der Waals surface area contributed by atoms with E-state index in [1.54, 1.807) is 24.3 Å². The van der Waals surface area contributed by atoms with Crippen molar-refractivity contribution in [2.75, 3.05) is 11.5 Å². The number of anilines is 1. The molecule has 2 saturated carbocycles. The van der Waals surface area contributed by atoms with Gasteiger partial charge < -0.3 is 14.9 Å². The van der Waals surface area contributed by atoms with Crippen LogP contribution in [0.1, 0.15) is 36.5 Å². The number of aromatic hydroxyl groups is 1. The number of amides is 2. The summed E-state index contributed by atoms with van der Waals surface area (Å²) in [5.41, 5.74) is 0.913. The molecule has 2 N–H and O–H groups in total. The lowest BCUT2D eigenvalue weighted by Crippen LogP contribution is -2.41. The zero-order valence-electron chi connectivity index (χ0n) is 18.4. The van der Waals surface area contributed by atoms with Crippen LogP contribution in [0.5, 0.6) is 11.5 Å². The molecule has 6 atom stereocenters. The number of ether oxygens (including phenoxy) is 1. The van der Waals surface area contributed by atoms with Crippen molar-refractivity contribution in [2.24, 2.45) is 29.6 Å². The van der Waals surface area contributed by atoms with Gasteiger partial charge in [-0.25, -0.2) is 0 Å². The van der Waals surface area contributed by atoms with E-state index in [4.69, 9.17) is 4.74 Å². The Kier molecular flexibility index (Phi) is 5.44. The van der Waals surface area contributed by atoms with E-state index in [2.05, 4.69) is 6.92 Å². The van der Waals surface area contributed by atoms with Crippen LogP contribution in [0.25, 0.3) is 0 Å². The molecular formula is C26H27NO6. The smallest absolute Gasteiger partial charge is 0.238 e. The molecule has 2 amide bonds. The number of carbonyl (C=O) groups is 3. The van der Waals surface area contributed by atoms with Crippen molar-refractivity contribution in [1.82, 2.24) is 0 Å². The molecule has 3 aliphatic rings. The number of hydrogen-bond acceptors (Lipinski definition) is 6. The molecule has 1 heterocycles. The van der Waals surface area contributed by atoms with Crippen LogP contribution in [-0.4, -0.2) is 40.5 Å². The van der Waals surface area contributed by atoms with E-state index in [0.29, 0.717) is 41.7 Å². The Hall–Kier alpha value is -3.19. The summed E-state index contributed by atoms with van der Waals surface area (Å²) in [6.45, 7) is 1.96. The Labute approximate surface area is 192 Å². The number of hydrogen-bond donors (Lipinski definition) is 2. The minimum absolute atomic E-state index is 0.0846. The number of ketones is 1. The summed E-state index contributed by atoms with van der Waals surface area (Å²) in [6, 6.07) is 12.5. The maximum atomic E-state index is 13.3. The molecule has 5 rings (SSSR count). The molecule has 1 saturated heterocycles. The molecule has 0 bridgehead atoms. The third-order valence-electron chi connectivity index (χ3n) is 7.43. The van der Waals surface area contributed by atoms with E-state index in [1.807, 2.05) is 0 Å². The summed E-state index contributed by atoms with van der Waals surface area (Å²) in [4.78, 5) is 40.0. The highest BCUT2D eigenvalue weighted by atomic mass is 16.5. The number of fused-ring (bicyclic) bond motifs is 1. The number of Topliss-reactive ketones (excluding diaryl/α,β-unsaturated/α-hetero) is 1. The van der Waals surface area contributed by atoms with Gasteiger partial charge in [-0.15, -0.1) is 0 Å². The highest BCUT2D eigenvalue weighted by molar-refractivity contribution is 6.22. The van der Waals surface area contributed by atoms with Crippen LogP contribution < -0.4 is 9.64 Å². The molecule has 2 aromatic rings. The molecule has 7 heteroatoms. The van der Waals surface area contributed by atoms with Gasteiger partial charge in [0, 0.05) is 11.5 Å². The predicted octanol–water partition coefficient (Wildman–Crippen LogP) is 3.19. The number of aliphatic hydroxyl groups excluding tert-OH is 1. The molecule has 6 unspecified atom stereocenters. The largest absolute Gasteiger partial charge is 0.508 e. The molecule has 2 aliphatic carbocycles. The number of rotatable bonds is 6. The minimum atomic E-state index is -0.528. The first-order chi connectivity index (χ1) is 15.8. The number of nitrogens with zero attached hydrogens (tertiary/aromatic N) is 1. The van der Waals surface area contributed by atoms with E-state index >= 15 is 0 Å². The number of carbonyl (C=O) groups excluding carboxylic acids is 3. The van der Waals surface area contributed by atoms with Gasteiger partial charge >= 0.3 is 0 Å². The van der Waals surface area contributed by atoms with Gasteiger partial charge in [-0.3, -0.25) is 19.3 Å². The molecule has 0 aromatic heterocycles. The van der Waals surface area contributed by atoms with E-state index in [-0.39, 0.29) is 41.8 Å². The second kappa shape index (κ2) is 8.30. The summed E-state index contributed by atoms with van der Waals surface area (Å²) in [7, 11) is 0. The van der Waals surface area contributed by atoms with Crippen LogP contribution in [-0.2, 0) is 9.59 Å². The number of phenols is 1. The van der Waals surface area contributed by atoms with Crippen molar-refractivity contribution in [1.29, 1.82) is 0 Å². The Morgan fingerprint density at radius 1 is 1.03 bits per heavy atom. The molecule has 0 radical (unpaired) electrons. The van der Waals surface area contributed by atoms with Crippen LogP contribution in [0.3, 0.4) is 0 Å². The summed E-state index contributed by atoms with van der Waals surface area (Å²) < 4.78 is 5.57. The van der Waals surface area contributed by atoms with Gasteiger partial charge in [-0.1, -0.05) is 6.92 Å². The van der Waals surface area contributed by atoms with Crippen molar-refractivity contribution < 1.29 is 29.3 Å². The zero-order valence-corrected chi connectivity index (χ0v) is 18.4. The minimum Gasteiger partial charge on any atom is -0.508 e. The van der Waals surface area contributed by atoms with Gasteiger partial charge in [-0.2, -0.15) is 0 Å². The topological polar surface area (TPSA) is 104 Å². The first-order valence-corrected chi connectivity index (χ1v) is 11.5. The standard InChI is InChI=1S/C26H27NO6/c1-14-12-20(14)23-21(29)11-10-19-24(23)26(32)27(25(19)31)16-4-8-18(9-5-16)33-13-22(30)15-2-6-17(28)7-3-15/h2-9,14,19-21,23-24,28-29H,10-13H2,1H3. The summed E-state index contributed by atoms with van der Waals surface area (Å²) in [5, 5.41) is 19.9. The normalized spacial score (nSPS) is 30.8. The monoisotopic (exact) mass is 449 g/mol. The maximum Gasteiger partial charge on any atom is 0.238 e. The second-order valence-electron chi connectivity index (χ2n) is 9.50. The molecule has 172 valence electrons.